The first-order valence-electron chi connectivity index (χ1n) is 8.20. The normalized spacial score (nSPS) is 10.2. The summed E-state index contributed by atoms with van der Waals surface area (Å²) in [7, 11) is 0. The molecule has 0 aliphatic rings. The van der Waals surface area contributed by atoms with Gasteiger partial charge in [-0.3, -0.25) is 31.1 Å². The van der Waals surface area contributed by atoms with Crippen LogP contribution in [0.3, 0.4) is 0 Å². The maximum atomic E-state index is 12.2. The number of ether oxygens (including phenoxy) is 1. The summed E-state index contributed by atoms with van der Waals surface area (Å²) in [6, 6.07) is 12.5. The van der Waals surface area contributed by atoms with Gasteiger partial charge in [0.1, 0.15) is 5.75 Å². The molecular formula is C18H20N4O4S. The van der Waals surface area contributed by atoms with E-state index in [0.29, 0.717) is 29.5 Å². The van der Waals surface area contributed by atoms with Crippen LogP contribution in [0.1, 0.15) is 24.2 Å². The van der Waals surface area contributed by atoms with Gasteiger partial charge in [-0.1, -0.05) is 13.8 Å². The molecule has 0 aliphatic heterocycles. The molecule has 0 aliphatic carbocycles. The molecule has 0 fully saturated rings. The molecule has 2 aromatic rings. The molecular weight excluding hydrogens is 368 g/mol. The van der Waals surface area contributed by atoms with Crippen LogP contribution in [0.2, 0.25) is 0 Å². The van der Waals surface area contributed by atoms with E-state index in [1.54, 1.807) is 24.3 Å². The lowest BCUT2D eigenvalue weighted by Crippen LogP contribution is -2.41. The van der Waals surface area contributed by atoms with Crippen LogP contribution in [-0.2, 0) is 0 Å². The van der Waals surface area contributed by atoms with Crippen molar-refractivity contribution in [3.63, 3.8) is 0 Å². The summed E-state index contributed by atoms with van der Waals surface area (Å²) in [5.41, 5.74) is 6.38. The Morgan fingerprint density at radius 1 is 1.15 bits per heavy atom. The second-order valence-electron chi connectivity index (χ2n) is 6.07. The number of thiocarbonyl (C=S) groups is 1. The number of carbonyl (C=O) groups is 1. The van der Waals surface area contributed by atoms with E-state index in [0.717, 1.165) is 0 Å². The Morgan fingerprint density at radius 2 is 1.78 bits per heavy atom. The van der Waals surface area contributed by atoms with Crippen molar-refractivity contribution in [2.45, 2.75) is 13.8 Å². The van der Waals surface area contributed by atoms with E-state index in [1.165, 1.54) is 24.3 Å². The Morgan fingerprint density at radius 3 is 2.33 bits per heavy atom. The molecule has 1 amide bonds. The molecule has 2 aromatic carbocycles. The number of hydrazine groups is 1. The lowest BCUT2D eigenvalue weighted by molar-refractivity contribution is -0.384. The van der Waals surface area contributed by atoms with Gasteiger partial charge in [-0.2, -0.15) is 0 Å². The number of nitro groups is 1. The first-order valence-corrected chi connectivity index (χ1v) is 8.60. The third-order valence-electron chi connectivity index (χ3n) is 3.33. The molecule has 3 N–H and O–H groups in total. The molecule has 0 radical (unpaired) electrons. The number of amides is 1. The Labute approximate surface area is 162 Å². The fraction of sp³-hybridized carbons (Fsp3) is 0.222. The van der Waals surface area contributed by atoms with Crippen molar-refractivity contribution >= 4 is 34.6 Å². The lowest BCUT2D eigenvalue weighted by Gasteiger charge is -2.12. The van der Waals surface area contributed by atoms with Crippen molar-refractivity contribution in [1.29, 1.82) is 0 Å². The molecule has 8 nitrogen and oxygen atoms in total. The van der Waals surface area contributed by atoms with Crippen LogP contribution < -0.4 is 20.9 Å². The van der Waals surface area contributed by atoms with Gasteiger partial charge in [-0.15, -0.1) is 0 Å². The van der Waals surface area contributed by atoms with Crippen molar-refractivity contribution in [2.75, 3.05) is 12.0 Å². The summed E-state index contributed by atoms with van der Waals surface area (Å²) >= 11 is 5.05. The maximum absolute atomic E-state index is 12.2. The molecule has 0 bridgehead atoms. The van der Waals surface area contributed by atoms with Crippen LogP contribution in [0.4, 0.5) is 11.4 Å². The smallest absolute Gasteiger partial charge is 0.269 e. The van der Waals surface area contributed by atoms with Crippen molar-refractivity contribution in [3.05, 3.63) is 64.2 Å². The van der Waals surface area contributed by atoms with E-state index in [9.17, 15) is 14.9 Å². The number of non-ortho nitro benzene ring substituents is 1. The van der Waals surface area contributed by atoms with Gasteiger partial charge >= 0.3 is 0 Å². The summed E-state index contributed by atoms with van der Waals surface area (Å²) < 4.78 is 5.57. The third kappa shape index (κ3) is 6.55. The third-order valence-corrected chi connectivity index (χ3v) is 3.53. The van der Waals surface area contributed by atoms with Gasteiger partial charge in [0.15, 0.2) is 5.11 Å². The maximum Gasteiger partial charge on any atom is 0.269 e. The number of nitrogens with one attached hydrogen (secondary N) is 3. The number of nitrogens with zero attached hydrogens (tertiary/aromatic N) is 1. The average molecular weight is 388 g/mol. The van der Waals surface area contributed by atoms with Gasteiger partial charge in [0, 0.05) is 17.7 Å². The molecule has 0 spiro atoms. The summed E-state index contributed by atoms with van der Waals surface area (Å²) in [6.45, 7) is 4.72. The molecule has 0 aromatic heterocycles. The zero-order chi connectivity index (χ0) is 19.8. The Balaban J connectivity index is 1.82. The molecule has 0 atom stereocenters. The van der Waals surface area contributed by atoms with Crippen LogP contribution in [0, 0.1) is 16.0 Å². The number of hydrogen-bond acceptors (Lipinski definition) is 6. The largest absolute Gasteiger partial charge is 0.493 e. The number of carbonyl (C=O) groups excluding carboxylic acids is 1. The quantitative estimate of drug-likeness (QED) is 0.380. The Hall–Kier alpha value is -3.20. The Kier molecular flexibility index (Phi) is 7.07. The van der Waals surface area contributed by atoms with Crippen LogP contribution in [0.15, 0.2) is 48.5 Å². The predicted octanol–water partition coefficient (Wildman–Crippen LogP) is 3.26. The van der Waals surface area contributed by atoms with Gasteiger partial charge < -0.3 is 4.74 Å². The molecule has 0 unspecified atom stereocenters. The van der Waals surface area contributed by atoms with Crippen LogP contribution in [0.25, 0.3) is 0 Å². The zero-order valence-electron chi connectivity index (χ0n) is 14.9. The van der Waals surface area contributed by atoms with Crippen molar-refractivity contribution in [1.82, 2.24) is 10.7 Å². The van der Waals surface area contributed by atoms with E-state index in [2.05, 4.69) is 30.0 Å². The molecule has 0 saturated heterocycles. The van der Waals surface area contributed by atoms with Gasteiger partial charge in [0.2, 0.25) is 0 Å². The molecule has 0 saturated carbocycles. The van der Waals surface area contributed by atoms with E-state index < -0.39 is 4.92 Å². The summed E-state index contributed by atoms with van der Waals surface area (Å²) in [5.74, 6) is 0.744. The molecule has 2 rings (SSSR count). The van der Waals surface area contributed by atoms with Crippen LogP contribution >= 0.6 is 12.2 Å². The number of anilines is 1. The number of hydrogen-bond donors (Lipinski definition) is 3. The second-order valence-corrected chi connectivity index (χ2v) is 6.47. The van der Waals surface area contributed by atoms with Gasteiger partial charge in [0.05, 0.1) is 17.2 Å². The second kappa shape index (κ2) is 9.48. The average Bonchev–Trinajstić information content (AvgIpc) is 2.65. The standard InChI is InChI=1S/C18H20N4O4S/c1-12(2)11-26-16-9-3-13(4-10-16)17(23)19-18(27)21-20-14-5-7-15(8-6-14)22(24)25/h3-10,12,20H,11H2,1-2H3,(H2,19,21,23,27). The van der Waals surface area contributed by atoms with Crippen molar-refractivity contribution in [3.8, 4) is 5.75 Å². The highest BCUT2D eigenvalue weighted by molar-refractivity contribution is 7.80. The van der Waals surface area contributed by atoms with Crippen molar-refractivity contribution in [2.24, 2.45) is 5.92 Å². The summed E-state index contributed by atoms with van der Waals surface area (Å²) in [5, 5.41) is 13.2. The topological polar surface area (TPSA) is 106 Å². The number of nitro benzene ring substituents is 1. The fourth-order valence-corrected chi connectivity index (χ4v) is 2.11. The molecule has 9 heteroatoms. The minimum absolute atomic E-state index is 0.0164. The van der Waals surface area contributed by atoms with Gasteiger partial charge in [-0.05, 0) is 54.5 Å². The highest BCUT2D eigenvalue weighted by atomic mass is 32.1. The number of rotatable bonds is 7. The first-order chi connectivity index (χ1) is 12.8. The molecule has 0 heterocycles. The van der Waals surface area contributed by atoms with Gasteiger partial charge in [-0.25, -0.2) is 0 Å². The van der Waals surface area contributed by atoms with E-state index in [-0.39, 0.29) is 16.7 Å². The minimum Gasteiger partial charge on any atom is -0.493 e. The molecule has 142 valence electrons. The van der Waals surface area contributed by atoms with E-state index in [4.69, 9.17) is 17.0 Å². The highest BCUT2D eigenvalue weighted by Gasteiger charge is 2.09. The number of benzene rings is 2. The summed E-state index contributed by atoms with van der Waals surface area (Å²) in [4.78, 5) is 22.3. The minimum atomic E-state index is -0.485. The van der Waals surface area contributed by atoms with E-state index >= 15 is 0 Å². The SMILES string of the molecule is CC(C)COc1ccc(C(=O)NC(=S)NNc2ccc([N+](=O)[O-])cc2)cc1. The van der Waals surface area contributed by atoms with Crippen LogP contribution in [0.5, 0.6) is 5.75 Å². The Bertz CT molecular complexity index is 807. The highest BCUT2D eigenvalue weighted by Crippen LogP contribution is 2.15. The predicted molar refractivity (Wildman–Crippen MR) is 107 cm³/mol. The van der Waals surface area contributed by atoms with Crippen LogP contribution in [-0.4, -0.2) is 22.5 Å². The summed E-state index contributed by atoms with van der Waals surface area (Å²) in [6.07, 6.45) is 0. The first kappa shape index (κ1) is 20.1. The zero-order valence-corrected chi connectivity index (χ0v) is 15.7. The van der Waals surface area contributed by atoms with Crippen molar-refractivity contribution < 1.29 is 14.5 Å². The molecule has 27 heavy (non-hydrogen) atoms. The van der Waals surface area contributed by atoms with Gasteiger partial charge in [0.25, 0.3) is 11.6 Å². The van der Waals surface area contributed by atoms with E-state index in [1.807, 2.05) is 0 Å². The fourth-order valence-electron chi connectivity index (χ4n) is 1.97. The lowest BCUT2D eigenvalue weighted by atomic mass is 10.2. The monoisotopic (exact) mass is 388 g/mol.